The highest BCUT2D eigenvalue weighted by Gasteiger charge is 2.38. The number of aromatic nitrogens is 2. The van der Waals surface area contributed by atoms with Crippen LogP contribution in [0, 0.1) is 13.8 Å². The van der Waals surface area contributed by atoms with Gasteiger partial charge in [0.05, 0.1) is 5.75 Å². The fraction of sp³-hybridized carbons (Fsp3) is 0.308. The van der Waals surface area contributed by atoms with Gasteiger partial charge in [0, 0.05) is 29.7 Å². The maximum Gasteiger partial charge on any atom is 0.249 e. The molecular formula is C26H28N4O4S. The second kappa shape index (κ2) is 10.4. The van der Waals surface area contributed by atoms with Crippen molar-refractivity contribution < 1.29 is 19.1 Å². The van der Waals surface area contributed by atoms with Crippen LogP contribution in [0.25, 0.3) is 0 Å². The molecule has 0 bridgehead atoms. The maximum absolute atomic E-state index is 13.5. The van der Waals surface area contributed by atoms with E-state index in [1.807, 2.05) is 50.2 Å². The van der Waals surface area contributed by atoms with Gasteiger partial charge in [-0.2, -0.15) is 0 Å². The highest BCUT2D eigenvalue weighted by molar-refractivity contribution is 7.99. The van der Waals surface area contributed by atoms with Gasteiger partial charge in [-0.3, -0.25) is 9.59 Å². The predicted molar refractivity (Wildman–Crippen MR) is 134 cm³/mol. The highest BCUT2D eigenvalue weighted by Crippen LogP contribution is 2.34. The van der Waals surface area contributed by atoms with Gasteiger partial charge in [-0.15, -0.1) is 0 Å². The van der Waals surface area contributed by atoms with Crippen molar-refractivity contribution in [2.24, 2.45) is 0 Å². The summed E-state index contributed by atoms with van der Waals surface area (Å²) in [5.41, 5.74) is 2.04. The van der Waals surface area contributed by atoms with Crippen LogP contribution in [0.15, 0.2) is 59.8 Å². The van der Waals surface area contributed by atoms with E-state index in [0.29, 0.717) is 22.3 Å². The van der Waals surface area contributed by atoms with Crippen LogP contribution in [-0.2, 0) is 16.1 Å². The van der Waals surface area contributed by atoms with Crippen molar-refractivity contribution in [3.8, 4) is 11.5 Å². The standard InChI is InChI=1S/C26H28N4O4S/c1-17-12-18(2)28-25(27-17)35-15-23(31)30(14-19-8-6-5-7-9-19)26(3,4)24(32)29-20-10-11-21-22(13-20)34-16-33-21/h5-13H,14-16H2,1-4H3,(H,29,32). The molecule has 0 aliphatic carbocycles. The molecule has 1 aliphatic rings. The number of amides is 2. The number of anilines is 1. The summed E-state index contributed by atoms with van der Waals surface area (Å²) in [4.78, 5) is 37.3. The van der Waals surface area contributed by atoms with Crippen LogP contribution in [0.5, 0.6) is 11.5 Å². The summed E-state index contributed by atoms with van der Waals surface area (Å²) in [6.45, 7) is 7.72. The summed E-state index contributed by atoms with van der Waals surface area (Å²) in [7, 11) is 0. The molecule has 0 saturated heterocycles. The molecule has 3 aromatic rings. The number of ether oxygens (including phenoxy) is 2. The van der Waals surface area contributed by atoms with E-state index >= 15 is 0 Å². The first kappa shape index (κ1) is 24.5. The van der Waals surface area contributed by atoms with Crippen LogP contribution >= 0.6 is 11.8 Å². The number of carbonyl (C=O) groups is 2. The number of fused-ring (bicyclic) bond motifs is 1. The Morgan fingerprint density at radius 3 is 2.40 bits per heavy atom. The second-order valence-electron chi connectivity index (χ2n) is 8.77. The molecule has 2 amide bonds. The molecule has 35 heavy (non-hydrogen) atoms. The molecule has 2 heterocycles. The Hall–Kier alpha value is -3.59. The monoisotopic (exact) mass is 492 g/mol. The third kappa shape index (κ3) is 5.92. The maximum atomic E-state index is 13.5. The molecule has 182 valence electrons. The Morgan fingerprint density at radius 1 is 1.00 bits per heavy atom. The van der Waals surface area contributed by atoms with Crippen molar-refractivity contribution >= 4 is 29.3 Å². The first-order chi connectivity index (χ1) is 16.7. The number of hydrogen-bond donors (Lipinski definition) is 1. The van der Waals surface area contributed by atoms with E-state index in [1.165, 1.54) is 11.8 Å². The molecule has 0 atom stereocenters. The van der Waals surface area contributed by atoms with E-state index in [0.717, 1.165) is 17.0 Å². The molecule has 9 heteroatoms. The van der Waals surface area contributed by atoms with Crippen molar-refractivity contribution in [3.05, 3.63) is 71.5 Å². The van der Waals surface area contributed by atoms with E-state index in [9.17, 15) is 9.59 Å². The first-order valence-electron chi connectivity index (χ1n) is 11.2. The minimum atomic E-state index is -1.15. The van der Waals surface area contributed by atoms with Gasteiger partial charge in [0.2, 0.25) is 18.6 Å². The quantitative estimate of drug-likeness (QED) is 0.369. The molecule has 1 aliphatic heterocycles. The van der Waals surface area contributed by atoms with Crippen LogP contribution < -0.4 is 14.8 Å². The molecule has 1 aromatic heterocycles. The zero-order valence-electron chi connectivity index (χ0n) is 20.2. The lowest BCUT2D eigenvalue weighted by molar-refractivity contribution is -0.142. The van der Waals surface area contributed by atoms with Gasteiger partial charge in [-0.05, 0) is 51.5 Å². The molecule has 0 saturated carbocycles. The number of aryl methyl sites for hydroxylation is 2. The molecular weight excluding hydrogens is 464 g/mol. The van der Waals surface area contributed by atoms with Crippen LogP contribution in [0.3, 0.4) is 0 Å². The summed E-state index contributed by atoms with van der Waals surface area (Å²) < 4.78 is 10.7. The number of hydrogen-bond acceptors (Lipinski definition) is 7. The number of carbonyl (C=O) groups excluding carboxylic acids is 2. The predicted octanol–water partition coefficient (Wildman–Crippen LogP) is 4.36. The Balaban J connectivity index is 1.53. The van der Waals surface area contributed by atoms with Gasteiger partial charge < -0.3 is 19.7 Å². The van der Waals surface area contributed by atoms with E-state index < -0.39 is 5.54 Å². The molecule has 0 spiro atoms. The number of nitrogens with one attached hydrogen (secondary N) is 1. The number of rotatable bonds is 8. The highest BCUT2D eigenvalue weighted by atomic mass is 32.2. The van der Waals surface area contributed by atoms with Crippen molar-refractivity contribution in [1.82, 2.24) is 14.9 Å². The van der Waals surface area contributed by atoms with Crippen molar-refractivity contribution in [1.29, 1.82) is 0 Å². The summed E-state index contributed by atoms with van der Waals surface area (Å²) in [5.74, 6) is 0.813. The fourth-order valence-electron chi connectivity index (χ4n) is 3.71. The molecule has 0 fully saturated rings. The van der Waals surface area contributed by atoms with Crippen molar-refractivity contribution in [2.45, 2.75) is 44.9 Å². The van der Waals surface area contributed by atoms with Gasteiger partial charge in [-0.1, -0.05) is 42.1 Å². The Labute approximate surface area is 209 Å². The van der Waals surface area contributed by atoms with Crippen LogP contribution in [0.1, 0.15) is 30.8 Å². The lowest BCUT2D eigenvalue weighted by Gasteiger charge is -2.37. The van der Waals surface area contributed by atoms with Gasteiger partial charge in [0.15, 0.2) is 16.7 Å². The van der Waals surface area contributed by atoms with Crippen LogP contribution in [0.4, 0.5) is 5.69 Å². The normalized spacial score (nSPS) is 12.3. The van der Waals surface area contributed by atoms with E-state index in [4.69, 9.17) is 9.47 Å². The SMILES string of the molecule is Cc1cc(C)nc(SCC(=O)N(Cc2ccccc2)C(C)(C)C(=O)Nc2ccc3c(c2)OCO3)n1. The third-order valence-electron chi connectivity index (χ3n) is 5.63. The minimum Gasteiger partial charge on any atom is -0.454 e. The zero-order valence-corrected chi connectivity index (χ0v) is 21.0. The van der Waals surface area contributed by atoms with Crippen LogP contribution in [0.2, 0.25) is 0 Å². The Kier molecular flexibility index (Phi) is 7.25. The molecule has 4 rings (SSSR count). The average molecular weight is 493 g/mol. The number of thioether (sulfide) groups is 1. The molecule has 1 N–H and O–H groups in total. The van der Waals surface area contributed by atoms with Crippen LogP contribution in [-0.4, -0.2) is 44.8 Å². The number of nitrogens with zero attached hydrogens (tertiary/aromatic N) is 3. The third-order valence-corrected chi connectivity index (χ3v) is 6.46. The van der Waals surface area contributed by atoms with E-state index in [1.54, 1.807) is 36.9 Å². The molecule has 0 unspecified atom stereocenters. The van der Waals surface area contributed by atoms with Crippen molar-refractivity contribution in [3.63, 3.8) is 0 Å². The largest absolute Gasteiger partial charge is 0.454 e. The Bertz CT molecular complexity index is 1210. The van der Waals surface area contributed by atoms with E-state index in [2.05, 4.69) is 15.3 Å². The summed E-state index contributed by atoms with van der Waals surface area (Å²) in [5, 5.41) is 3.46. The first-order valence-corrected chi connectivity index (χ1v) is 12.2. The number of benzene rings is 2. The lowest BCUT2D eigenvalue weighted by Crippen LogP contribution is -2.55. The summed E-state index contributed by atoms with van der Waals surface area (Å²) >= 11 is 1.27. The zero-order chi connectivity index (χ0) is 25.0. The van der Waals surface area contributed by atoms with Gasteiger partial charge >= 0.3 is 0 Å². The minimum absolute atomic E-state index is 0.108. The fourth-order valence-corrected chi connectivity index (χ4v) is 4.53. The smallest absolute Gasteiger partial charge is 0.249 e. The van der Waals surface area contributed by atoms with Crippen molar-refractivity contribution in [2.75, 3.05) is 17.9 Å². The van der Waals surface area contributed by atoms with Gasteiger partial charge in [0.25, 0.3) is 0 Å². The molecule has 8 nitrogen and oxygen atoms in total. The molecule has 0 radical (unpaired) electrons. The summed E-state index contributed by atoms with van der Waals surface area (Å²) in [6.07, 6.45) is 0. The molecule has 2 aromatic carbocycles. The lowest BCUT2D eigenvalue weighted by atomic mass is 9.99. The topological polar surface area (TPSA) is 93.7 Å². The van der Waals surface area contributed by atoms with Gasteiger partial charge in [-0.25, -0.2) is 9.97 Å². The summed E-state index contributed by atoms with van der Waals surface area (Å²) in [6, 6.07) is 16.7. The van der Waals surface area contributed by atoms with E-state index in [-0.39, 0.29) is 30.9 Å². The Morgan fingerprint density at radius 2 is 1.69 bits per heavy atom. The second-order valence-corrected chi connectivity index (χ2v) is 9.71. The van der Waals surface area contributed by atoms with Gasteiger partial charge in [0.1, 0.15) is 5.54 Å². The average Bonchev–Trinajstić information content (AvgIpc) is 3.29.